The van der Waals surface area contributed by atoms with Crippen LogP contribution in [0.1, 0.15) is 22.4 Å². The van der Waals surface area contributed by atoms with Crippen molar-refractivity contribution in [1.82, 2.24) is 25.5 Å². The van der Waals surface area contributed by atoms with Crippen LogP contribution in [0, 0.1) is 5.92 Å². The normalized spacial score (nSPS) is 15.8. The zero-order valence-electron chi connectivity index (χ0n) is 20.9. The number of hydrogen-bond acceptors (Lipinski definition) is 8. The smallest absolute Gasteiger partial charge is 0.249 e. The fourth-order valence-electron chi connectivity index (χ4n) is 5.11. The summed E-state index contributed by atoms with van der Waals surface area (Å²) in [7, 11) is 1.64. The number of aliphatic hydroxyl groups is 1. The molecule has 9 nitrogen and oxygen atoms in total. The number of anilines is 2. The molecule has 0 spiro atoms. The van der Waals surface area contributed by atoms with E-state index in [1.165, 1.54) is 10.4 Å². The first-order chi connectivity index (χ1) is 18.6. The molecule has 1 unspecified atom stereocenters. The quantitative estimate of drug-likeness (QED) is 0.238. The van der Waals surface area contributed by atoms with Gasteiger partial charge in [-0.2, -0.15) is 5.10 Å². The maximum Gasteiger partial charge on any atom is 0.249 e. The number of nitrogens with zero attached hydrogens (tertiary/aromatic N) is 3. The first-order valence-corrected chi connectivity index (χ1v) is 13.4. The molecule has 1 aliphatic rings. The summed E-state index contributed by atoms with van der Waals surface area (Å²) in [5, 5.41) is 25.9. The lowest BCUT2D eigenvalue weighted by atomic mass is 9.87. The number of amides is 1. The number of hydrogen-bond donors (Lipinski definition) is 4. The van der Waals surface area contributed by atoms with Crippen LogP contribution in [0.15, 0.2) is 55.0 Å². The minimum Gasteiger partial charge on any atom is -0.494 e. The molecule has 2 aromatic carbocycles. The number of carbonyl (C=O) groups excluding carboxylic acids is 1. The van der Waals surface area contributed by atoms with Gasteiger partial charge < -0.3 is 20.5 Å². The van der Waals surface area contributed by atoms with E-state index in [9.17, 15) is 9.90 Å². The Morgan fingerprint density at radius 1 is 1.26 bits per heavy atom. The highest BCUT2D eigenvalue weighted by Crippen LogP contribution is 2.41. The van der Waals surface area contributed by atoms with E-state index in [1.807, 2.05) is 42.5 Å². The number of H-pyrrole nitrogens is 1. The van der Waals surface area contributed by atoms with E-state index in [0.717, 1.165) is 57.5 Å². The van der Waals surface area contributed by atoms with Gasteiger partial charge in [0.1, 0.15) is 28.8 Å². The number of nitrogens with one attached hydrogen (secondary N) is 3. The Bertz CT molecular complexity index is 1600. The van der Waals surface area contributed by atoms with Gasteiger partial charge in [-0.1, -0.05) is 30.3 Å². The summed E-state index contributed by atoms with van der Waals surface area (Å²) in [6, 6.07) is 13.5. The molecule has 10 heteroatoms. The van der Waals surface area contributed by atoms with Crippen LogP contribution in [0.25, 0.3) is 21.1 Å². The van der Waals surface area contributed by atoms with Gasteiger partial charge in [0.25, 0.3) is 0 Å². The van der Waals surface area contributed by atoms with Crippen LogP contribution in [-0.2, 0) is 24.1 Å². The van der Waals surface area contributed by atoms with Crippen LogP contribution in [0.3, 0.4) is 0 Å². The number of aromatic amines is 1. The Hall–Kier alpha value is -4.02. The van der Waals surface area contributed by atoms with Gasteiger partial charge in [0.05, 0.1) is 29.9 Å². The van der Waals surface area contributed by atoms with E-state index in [1.54, 1.807) is 31.0 Å². The molecular formula is C28H28N6O3S. The topological polar surface area (TPSA) is 125 Å². The van der Waals surface area contributed by atoms with Crippen molar-refractivity contribution in [3.05, 3.63) is 71.0 Å². The Kier molecular flexibility index (Phi) is 6.65. The Morgan fingerprint density at radius 3 is 2.97 bits per heavy atom. The second-order valence-corrected chi connectivity index (χ2v) is 10.7. The monoisotopic (exact) mass is 528 g/mol. The summed E-state index contributed by atoms with van der Waals surface area (Å²) in [6.45, 7) is 0.539. The molecule has 0 saturated carbocycles. The summed E-state index contributed by atoms with van der Waals surface area (Å²) >= 11 is 1.68. The fraction of sp³-hybridized carbons (Fsp3) is 0.286. The number of aliphatic hydroxyl groups excluding tert-OH is 1. The van der Waals surface area contributed by atoms with Gasteiger partial charge in [-0.15, -0.1) is 11.3 Å². The summed E-state index contributed by atoms with van der Waals surface area (Å²) in [6.07, 6.45) is 5.29. The number of carbonyl (C=O) groups is 1. The van der Waals surface area contributed by atoms with Crippen molar-refractivity contribution in [2.24, 2.45) is 5.92 Å². The third-order valence-electron chi connectivity index (χ3n) is 7.10. The summed E-state index contributed by atoms with van der Waals surface area (Å²) in [5.41, 5.74) is 3.92. The standard InChI is InChI=1S/C28H28N6O3S/c1-37-23-12-20-18(14-32-34-20)11-21(23)33-26-25-19-8-7-17(10-24(19)38-28(25)31-15-30-26)13-29-27(36)22(35)9-16-5-3-2-4-6-16/h2-6,11-12,14-15,17,22,35H,7-10,13H2,1H3,(H,29,36)(H,32,34)(H,30,31,33)/t17?,22-/m1/s1. The summed E-state index contributed by atoms with van der Waals surface area (Å²) in [4.78, 5) is 23.9. The predicted octanol–water partition coefficient (Wildman–Crippen LogP) is 4.14. The minimum absolute atomic E-state index is 0.302. The van der Waals surface area contributed by atoms with Crippen LogP contribution < -0.4 is 15.4 Å². The maximum absolute atomic E-state index is 12.5. The molecular weight excluding hydrogens is 500 g/mol. The van der Waals surface area contributed by atoms with E-state index in [4.69, 9.17) is 4.74 Å². The van der Waals surface area contributed by atoms with Crippen molar-refractivity contribution >= 4 is 49.9 Å². The molecule has 3 aromatic heterocycles. The second kappa shape index (κ2) is 10.4. The van der Waals surface area contributed by atoms with Crippen molar-refractivity contribution in [3.63, 3.8) is 0 Å². The van der Waals surface area contributed by atoms with Crippen LogP contribution >= 0.6 is 11.3 Å². The first kappa shape index (κ1) is 24.3. The Balaban J connectivity index is 1.16. The predicted molar refractivity (Wildman–Crippen MR) is 148 cm³/mol. The highest BCUT2D eigenvalue weighted by atomic mass is 32.1. The molecule has 38 heavy (non-hydrogen) atoms. The van der Waals surface area contributed by atoms with Crippen molar-refractivity contribution in [2.75, 3.05) is 19.0 Å². The molecule has 0 radical (unpaired) electrons. The lowest BCUT2D eigenvalue weighted by molar-refractivity contribution is -0.129. The highest BCUT2D eigenvalue weighted by Gasteiger charge is 2.26. The largest absolute Gasteiger partial charge is 0.494 e. The van der Waals surface area contributed by atoms with Gasteiger partial charge in [-0.25, -0.2) is 9.97 Å². The SMILES string of the molecule is COc1cc2[nH]ncc2cc1Nc1ncnc2sc3c(c12)CCC(CNC(=O)[C@H](O)Cc1ccccc1)C3. The number of ether oxygens (including phenoxy) is 1. The lowest BCUT2D eigenvalue weighted by Crippen LogP contribution is -2.39. The molecule has 0 saturated heterocycles. The van der Waals surface area contributed by atoms with E-state index in [-0.39, 0.29) is 5.91 Å². The van der Waals surface area contributed by atoms with Gasteiger partial charge >= 0.3 is 0 Å². The van der Waals surface area contributed by atoms with Gasteiger partial charge in [-0.3, -0.25) is 9.89 Å². The molecule has 2 atom stereocenters. The summed E-state index contributed by atoms with van der Waals surface area (Å²) < 4.78 is 5.61. The molecule has 0 fully saturated rings. The minimum atomic E-state index is -1.05. The lowest BCUT2D eigenvalue weighted by Gasteiger charge is -2.23. The third-order valence-corrected chi connectivity index (χ3v) is 8.26. The Morgan fingerprint density at radius 2 is 2.13 bits per heavy atom. The van der Waals surface area contributed by atoms with E-state index < -0.39 is 6.10 Å². The summed E-state index contributed by atoms with van der Waals surface area (Å²) in [5.74, 6) is 1.43. The van der Waals surface area contributed by atoms with Crippen LogP contribution in [0.2, 0.25) is 0 Å². The number of methoxy groups -OCH3 is 1. The van der Waals surface area contributed by atoms with Gasteiger partial charge in [-0.05, 0) is 42.4 Å². The first-order valence-electron chi connectivity index (χ1n) is 12.6. The van der Waals surface area contributed by atoms with Gasteiger partial charge in [0.15, 0.2) is 0 Å². The van der Waals surface area contributed by atoms with Crippen molar-refractivity contribution in [1.29, 1.82) is 0 Å². The van der Waals surface area contributed by atoms with E-state index in [0.29, 0.717) is 24.6 Å². The maximum atomic E-state index is 12.5. The Labute approximate surface area is 223 Å². The number of rotatable bonds is 8. The number of aromatic nitrogens is 4. The zero-order valence-corrected chi connectivity index (χ0v) is 21.7. The van der Waals surface area contributed by atoms with Crippen molar-refractivity contribution < 1.29 is 14.6 Å². The third kappa shape index (κ3) is 4.80. The molecule has 3 heterocycles. The average Bonchev–Trinajstić information content (AvgIpc) is 3.55. The number of benzene rings is 2. The molecule has 194 valence electrons. The molecule has 1 amide bonds. The average molecular weight is 529 g/mol. The van der Waals surface area contributed by atoms with Crippen LogP contribution in [0.4, 0.5) is 11.5 Å². The molecule has 0 aliphatic heterocycles. The van der Waals surface area contributed by atoms with Crippen LogP contribution in [-0.4, -0.2) is 50.9 Å². The number of fused-ring (bicyclic) bond motifs is 4. The van der Waals surface area contributed by atoms with Gasteiger partial charge in [0, 0.05) is 29.3 Å². The number of thiophene rings is 1. The zero-order chi connectivity index (χ0) is 26.1. The van der Waals surface area contributed by atoms with Gasteiger partial charge in [0.2, 0.25) is 5.91 Å². The number of aryl methyl sites for hydroxylation is 1. The molecule has 5 aromatic rings. The van der Waals surface area contributed by atoms with Crippen molar-refractivity contribution in [3.8, 4) is 5.75 Å². The van der Waals surface area contributed by atoms with Crippen LogP contribution in [0.5, 0.6) is 5.75 Å². The molecule has 4 N–H and O–H groups in total. The van der Waals surface area contributed by atoms with Crippen molar-refractivity contribution in [2.45, 2.75) is 31.8 Å². The van der Waals surface area contributed by atoms with E-state index >= 15 is 0 Å². The van der Waals surface area contributed by atoms with E-state index in [2.05, 4.69) is 30.8 Å². The second-order valence-electron chi connectivity index (χ2n) is 9.60. The molecule has 6 rings (SSSR count). The molecule has 1 aliphatic carbocycles. The highest BCUT2D eigenvalue weighted by molar-refractivity contribution is 7.19. The fourth-order valence-corrected chi connectivity index (χ4v) is 6.41. The molecule has 0 bridgehead atoms.